The minimum Gasteiger partial charge on any atom is -0.369 e. The molecule has 0 radical (unpaired) electrons. The molecule has 0 bridgehead atoms. The topological polar surface area (TPSA) is 64.9 Å². The molecule has 3 aromatic carbocycles. The molecule has 6 rings (SSSR count). The van der Waals surface area contributed by atoms with Gasteiger partial charge in [0.05, 0.1) is 5.69 Å². The summed E-state index contributed by atoms with van der Waals surface area (Å²) in [6, 6.07) is 26.2. The molecule has 1 saturated heterocycles. The molecule has 8 heteroatoms. The Morgan fingerprint density at radius 1 is 0.830 bits per heavy atom. The largest absolute Gasteiger partial charge is 0.369 e. The summed E-state index contributed by atoms with van der Waals surface area (Å²) in [6.07, 6.45) is 4.71. The van der Waals surface area contributed by atoms with Gasteiger partial charge in [-0.2, -0.15) is 5.10 Å². The second kappa shape index (κ2) is 14.4. The maximum Gasteiger partial charge on any atom is 0.247 e. The van der Waals surface area contributed by atoms with E-state index in [4.69, 9.17) is 0 Å². The number of hydrogen-bond donors (Lipinski definition) is 0. The number of aromatic nitrogens is 2. The van der Waals surface area contributed by atoms with Gasteiger partial charge in [0.2, 0.25) is 11.8 Å². The fourth-order valence-electron chi connectivity index (χ4n) is 6.76. The van der Waals surface area contributed by atoms with E-state index in [-0.39, 0.29) is 11.8 Å². The van der Waals surface area contributed by atoms with Crippen molar-refractivity contribution in [1.82, 2.24) is 24.5 Å². The number of likely N-dealkylation sites (N-methyl/N-ethyl adjacent to an activating group) is 1. The monoisotopic (exact) mass is 630 g/mol. The Morgan fingerprint density at radius 2 is 1.51 bits per heavy atom. The van der Waals surface area contributed by atoms with Crippen molar-refractivity contribution in [2.45, 2.75) is 45.8 Å². The van der Waals surface area contributed by atoms with Crippen LogP contribution in [0.5, 0.6) is 0 Å². The van der Waals surface area contributed by atoms with Crippen molar-refractivity contribution in [2.24, 2.45) is 7.05 Å². The van der Waals surface area contributed by atoms with E-state index in [9.17, 15) is 9.59 Å². The molecular formula is C39H46N6O2. The van der Waals surface area contributed by atoms with Gasteiger partial charge in [0.25, 0.3) is 0 Å². The zero-order valence-corrected chi connectivity index (χ0v) is 28.1. The summed E-state index contributed by atoms with van der Waals surface area (Å²) in [5.74, 6) is -0.213. The van der Waals surface area contributed by atoms with E-state index in [0.29, 0.717) is 26.1 Å². The van der Waals surface area contributed by atoms with Crippen molar-refractivity contribution >= 4 is 23.6 Å². The number of rotatable bonds is 9. The van der Waals surface area contributed by atoms with Crippen molar-refractivity contribution < 1.29 is 9.59 Å². The third-order valence-electron chi connectivity index (χ3n) is 9.77. The van der Waals surface area contributed by atoms with Crippen LogP contribution in [-0.2, 0) is 42.6 Å². The minimum atomic E-state index is -0.673. The first-order valence-electron chi connectivity index (χ1n) is 16.7. The number of anilines is 1. The third kappa shape index (κ3) is 7.49. The van der Waals surface area contributed by atoms with Crippen molar-refractivity contribution in [3.8, 4) is 0 Å². The van der Waals surface area contributed by atoms with Gasteiger partial charge >= 0.3 is 0 Å². The van der Waals surface area contributed by atoms with Crippen LogP contribution in [0.3, 0.4) is 0 Å². The highest BCUT2D eigenvalue weighted by Crippen LogP contribution is 2.25. The van der Waals surface area contributed by atoms with Crippen molar-refractivity contribution in [1.29, 1.82) is 0 Å². The molecule has 2 aliphatic rings. The molecule has 2 aliphatic heterocycles. The molecule has 1 fully saturated rings. The predicted octanol–water partition coefficient (Wildman–Crippen LogP) is 5.03. The SMILES string of the molecule is Cc1nn(C)c(C)c1/C=C/C(=O)N(Cc1ccc(N2CCN(C)CC2)cc1)[C@@H](Cc1ccccc1)C(=O)N1CCc2ccccc2C1. The van der Waals surface area contributed by atoms with Gasteiger partial charge in [-0.15, -0.1) is 0 Å². The summed E-state index contributed by atoms with van der Waals surface area (Å²) in [6.45, 7) is 9.51. The Labute approximate surface area is 278 Å². The molecule has 0 unspecified atom stereocenters. The van der Waals surface area contributed by atoms with E-state index in [2.05, 4.69) is 64.4 Å². The highest BCUT2D eigenvalue weighted by molar-refractivity contribution is 5.96. The molecule has 1 atom stereocenters. The van der Waals surface area contributed by atoms with Crippen molar-refractivity contribution in [2.75, 3.05) is 44.7 Å². The van der Waals surface area contributed by atoms with Crippen LogP contribution in [0.2, 0.25) is 0 Å². The quantitative estimate of drug-likeness (QED) is 0.243. The number of benzene rings is 3. The molecule has 2 amide bonds. The van der Waals surface area contributed by atoms with E-state index in [1.54, 1.807) is 11.0 Å². The number of nitrogens with zero attached hydrogens (tertiary/aromatic N) is 6. The number of carbonyl (C=O) groups is 2. The second-order valence-electron chi connectivity index (χ2n) is 12.9. The summed E-state index contributed by atoms with van der Waals surface area (Å²) < 4.78 is 1.83. The Kier molecular flexibility index (Phi) is 9.87. The van der Waals surface area contributed by atoms with E-state index in [1.807, 2.05) is 73.0 Å². The Balaban J connectivity index is 1.33. The number of piperazine rings is 1. The maximum absolute atomic E-state index is 14.6. The summed E-state index contributed by atoms with van der Waals surface area (Å²) in [5, 5.41) is 4.52. The maximum atomic E-state index is 14.6. The molecule has 0 N–H and O–H groups in total. The van der Waals surface area contributed by atoms with Crippen LogP contribution in [0.1, 0.15) is 39.2 Å². The van der Waals surface area contributed by atoms with E-state index < -0.39 is 6.04 Å². The Morgan fingerprint density at radius 3 is 2.19 bits per heavy atom. The molecule has 1 aromatic heterocycles. The smallest absolute Gasteiger partial charge is 0.247 e. The molecular weight excluding hydrogens is 584 g/mol. The van der Waals surface area contributed by atoms with Gasteiger partial charge in [-0.3, -0.25) is 14.3 Å². The van der Waals surface area contributed by atoms with Crippen LogP contribution in [0.25, 0.3) is 6.08 Å². The average Bonchev–Trinajstić information content (AvgIpc) is 3.34. The van der Waals surface area contributed by atoms with E-state index in [1.165, 1.54) is 16.8 Å². The van der Waals surface area contributed by atoms with Crippen LogP contribution in [0, 0.1) is 13.8 Å². The molecule has 3 heterocycles. The lowest BCUT2D eigenvalue weighted by atomic mass is 9.97. The molecule has 4 aromatic rings. The summed E-state index contributed by atoms with van der Waals surface area (Å²) >= 11 is 0. The van der Waals surface area contributed by atoms with Gasteiger partial charge in [0, 0.05) is 82.3 Å². The highest BCUT2D eigenvalue weighted by Gasteiger charge is 2.34. The van der Waals surface area contributed by atoms with Crippen LogP contribution in [0.15, 0.2) is 84.9 Å². The van der Waals surface area contributed by atoms with Crippen LogP contribution in [-0.4, -0.2) is 82.1 Å². The lowest BCUT2D eigenvalue weighted by molar-refractivity contribution is -0.144. The number of fused-ring (bicyclic) bond motifs is 1. The predicted molar refractivity (Wildman–Crippen MR) is 188 cm³/mol. The van der Waals surface area contributed by atoms with Crippen molar-refractivity contribution in [3.63, 3.8) is 0 Å². The van der Waals surface area contributed by atoms with Gasteiger partial charge in [-0.05, 0) is 67.8 Å². The summed E-state index contributed by atoms with van der Waals surface area (Å²) in [7, 11) is 4.07. The van der Waals surface area contributed by atoms with Crippen LogP contribution < -0.4 is 4.90 Å². The second-order valence-corrected chi connectivity index (χ2v) is 12.9. The van der Waals surface area contributed by atoms with E-state index in [0.717, 1.165) is 60.7 Å². The average molecular weight is 631 g/mol. The number of amides is 2. The third-order valence-corrected chi connectivity index (χ3v) is 9.77. The summed E-state index contributed by atoms with van der Waals surface area (Å²) in [4.78, 5) is 37.4. The van der Waals surface area contributed by atoms with Gasteiger partial charge in [-0.1, -0.05) is 66.7 Å². The van der Waals surface area contributed by atoms with Crippen molar-refractivity contribution in [3.05, 3.63) is 124 Å². The highest BCUT2D eigenvalue weighted by atomic mass is 16.2. The summed E-state index contributed by atoms with van der Waals surface area (Å²) in [5.41, 5.74) is 8.44. The normalized spacial score (nSPS) is 15.9. The van der Waals surface area contributed by atoms with E-state index >= 15 is 0 Å². The van der Waals surface area contributed by atoms with Gasteiger partial charge in [-0.25, -0.2) is 0 Å². The Hall–Kier alpha value is -4.69. The first-order chi connectivity index (χ1) is 22.8. The number of carbonyl (C=O) groups excluding carboxylic acids is 2. The van der Waals surface area contributed by atoms with Gasteiger partial charge < -0.3 is 19.6 Å². The zero-order chi connectivity index (χ0) is 32.9. The molecule has 0 saturated carbocycles. The standard InChI is InChI=1S/C39H46N6O2/c1-29-36(30(2)42(4)40-29)18-19-38(46)45(27-32-14-16-35(17-15-32)43-24-22-41(3)23-25-43)37(26-31-10-6-5-7-11-31)39(47)44-21-20-33-12-8-9-13-34(33)28-44/h5-19,37H,20-28H2,1-4H3/b19-18+/t37-/m0/s1. The molecule has 0 aliphatic carbocycles. The first-order valence-corrected chi connectivity index (χ1v) is 16.7. The lowest BCUT2D eigenvalue weighted by Gasteiger charge is -2.37. The van der Waals surface area contributed by atoms with Gasteiger partial charge in [0.1, 0.15) is 6.04 Å². The fourth-order valence-corrected chi connectivity index (χ4v) is 6.76. The molecule has 244 valence electrons. The lowest BCUT2D eigenvalue weighted by Crippen LogP contribution is -2.52. The number of hydrogen-bond acceptors (Lipinski definition) is 5. The first kappa shape index (κ1) is 32.3. The Bertz CT molecular complexity index is 1720. The zero-order valence-electron chi connectivity index (χ0n) is 28.1. The minimum absolute atomic E-state index is 0.0205. The number of aryl methyl sites for hydroxylation is 2. The molecule has 0 spiro atoms. The molecule has 47 heavy (non-hydrogen) atoms. The molecule has 8 nitrogen and oxygen atoms in total. The van der Waals surface area contributed by atoms with Crippen LogP contribution >= 0.6 is 0 Å². The van der Waals surface area contributed by atoms with Crippen LogP contribution in [0.4, 0.5) is 5.69 Å². The fraction of sp³-hybridized carbons (Fsp3) is 0.359. The van der Waals surface area contributed by atoms with Gasteiger partial charge in [0.15, 0.2) is 0 Å².